The van der Waals surface area contributed by atoms with E-state index in [1.165, 1.54) is 0 Å². The van der Waals surface area contributed by atoms with E-state index in [9.17, 15) is 0 Å². The average molecular weight is 227 g/mol. The smallest absolute Gasteiger partial charge is 0.144 e. The second-order valence-corrected chi connectivity index (χ2v) is 3.74. The van der Waals surface area contributed by atoms with Crippen LogP contribution < -0.4 is 4.74 Å². The highest BCUT2D eigenvalue weighted by molar-refractivity contribution is 5.65. The largest absolute Gasteiger partial charge is 0.496 e. The molecule has 0 bridgehead atoms. The van der Waals surface area contributed by atoms with E-state index in [0.717, 1.165) is 22.8 Å². The molecule has 4 nitrogen and oxygen atoms in total. The number of aromatic nitrogens is 2. The van der Waals surface area contributed by atoms with E-state index >= 15 is 0 Å². The highest BCUT2D eigenvalue weighted by Gasteiger charge is 2.15. The SMILES string of the molecule is COc1ccccc1-c1nc(C)c(C#N)n1C. The van der Waals surface area contributed by atoms with Crippen molar-refractivity contribution in [3.05, 3.63) is 35.7 Å². The van der Waals surface area contributed by atoms with Crippen LogP contribution >= 0.6 is 0 Å². The lowest BCUT2D eigenvalue weighted by molar-refractivity contribution is 0.416. The van der Waals surface area contributed by atoms with E-state index < -0.39 is 0 Å². The van der Waals surface area contributed by atoms with Crippen molar-refractivity contribution in [2.75, 3.05) is 7.11 Å². The van der Waals surface area contributed by atoms with Crippen molar-refractivity contribution >= 4 is 0 Å². The molecule has 86 valence electrons. The van der Waals surface area contributed by atoms with Gasteiger partial charge in [0.25, 0.3) is 0 Å². The third-order valence-electron chi connectivity index (χ3n) is 2.72. The Balaban J connectivity index is 2.66. The summed E-state index contributed by atoms with van der Waals surface area (Å²) >= 11 is 0. The van der Waals surface area contributed by atoms with Crippen LogP contribution in [0.1, 0.15) is 11.4 Å². The van der Waals surface area contributed by atoms with Crippen LogP contribution in [-0.4, -0.2) is 16.7 Å². The van der Waals surface area contributed by atoms with Gasteiger partial charge in [-0.1, -0.05) is 12.1 Å². The molecule has 1 aromatic carbocycles. The van der Waals surface area contributed by atoms with Crippen LogP contribution in [0.4, 0.5) is 0 Å². The zero-order valence-corrected chi connectivity index (χ0v) is 10.1. The van der Waals surface area contributed by atoms with Crippen molar-refractivity contribution in [1.29, 1.82) is 5.26 Å². The van der Waals surface area contributed by atoms with Crippen LogP contribution in [0.5, 0.6) is 5.75 Å². The maximum Gasteiger partial charge on any atom is 0.144 e. The third-order valence-corrected chi connectivity index (χ3v) is 2.72. The molecule has 0 saturated heterocycles. The molecule has 2 aromatic rings. The zero-order valence-electron chi connectivity index (χ0n) is 10.1. The molecule has 0 unspecified atom stereocenters. The highest BCUT2D eigenvalue weighted by atomic mass is 16.5. The fourth-order valence-corrected chi connectivity index (χ4v) is 1.86. The summed E-state index contributed by atoms with van der Waals surface area (Å²) in [6, 6.07) is 9.79. The van der Waals surface area contributed by atoms with Crippen LogP contribution in [0.25, 0.3) is 11.4 Å². The minimum absolute atomic E-state index is 0.575. The number of rotatable bonds is 2. The summed E-state index contributed by atoms with van der Waals surface area (Å²) in [4.78, 5) is 4.42. The molecule has 0 radical (unpaired) electrons. The number of nitrogens with zero attached hydrogens (tertiary/aromatic N) is 3. The minimum atomic E-state index is 0.575. The highest BCUT2D eigenvalue weighted by Crippen LogP contribution is 2.29. The molecule has 1 heterocycles. The molecule has 0 aliphatic carbocycles. The monoisotopic (exact) mass is 227 g/mol. The maximum atomic E-state index is 9.04. The first-order chi connectivity index (χ1) is 8.19. The Kier molecular flexibility index (Phi) is 2.84. The van der Waals surface area contributed by atoms with Crippen LogP contribution in [0.3, 0.4) is 0 Å². The van der Waals surface area contributed by atoms with Crippen LogP contribution in [-0.2, 0) is 7.05 Å². The molecule has 0 amide bonds. The quantitative estimate of drug-likeness (QED) is 0.790. The number of ether oxygens (including phenoxy) is 1. The van der Waals surface area contributed by atoms with Crippen LogP contribution in [0.2, 0.25) is 0 Å². The van der Waals surface area contributed by atoms with E-state index in [-0.39, 0.29) is 0 Å². The average Bonchev–Trinajstić information content (AvgIpc) is 2.64. The van der Waals surface area contributed by atoms with Gasteiger partial charge in [-0.05, 0) is 19.1 Å². The number of methoxy groups -OCH3 is 1. The van der Waals surface area contributed by atoms with Crippen molar-refractivity contribution in [3.63, 3.8) is 0 Å². The molecule has 4 heteroatoms. The van der Waals surface area contributed by atoms with Crippen LogP contribution in [0, 0.1) is 18.3 Å². The molecule has 0 aliphatic rings. The molecule has 0 spiro atoms. The number of nitriles is 1. The molecule has 0 fully saturated rings. The van der Waals surface area contributed by atoms with Gasteiger partial charge in [-0.2, -0.15) is 5.26 Å². The van der Waals surface area contributed by atoms with Gasteiger partial charge in [0.2, 0.25) is 0 Å². The van der Waals surface area contributed by atoms with Crippen molar-refractivity contribution in [3.8, 4) is 23.2 Å². The van der Waals surface area contributed by atoms with E-state index in [4.69, 9.17) is 10.00 Å². The first-order valence-corrected chi connectivity index (χ1v) is 5.25. The summed E-state index contributed by atoms with van der Waals surface area (Å²) in [5, 5.41) is 9.04. The molecule has 1 aromatic heterocycles. The molecule has 0 atom stereocenters. The van der Waals surface area contributed by atoms with E-state index in [0.29, 0.717) is 5.69 Å². The molecule has 17 heavy (non-hydrogen) atoms. The fourth-order valence-electron chi connectivity index (χ4n) is 1.86. The predicted molar refractivity (Wildman–Crippen MR) is 64.6 cm³/mol. The molecule has 0 aliphatic heterocycles. The Morgan fingerprint density at radius 1 is 1.35 bits per heavy atom. The van der Waals surface area contributed by atoms with E-state index in [2.05, 4.69) is 11.1 Å². The standard InChI is InChI=1S/C13H13N3O/c1-9-11(8-14)16(2)13(15-9)10-6-4-5-7-12(10)17-3/h4-7H,1-3H3. The van der Waals surface area contributed by atoms with E-state index in [1.54, 1.807) is 11.7 Å². The third kappa shape index (κ3) is 1.76. The normalized spacial score (nSPS) is 10.0. The topological polar surface area (TPSA) is 50.8 Å². The summed E-state index contributed by atoms with van der Waals surface area (Å²) in [5.41, 5.74) is 2.20. The van der Waals surface area contributed by atoms with Crippen molar-refractivity contribution in [2.24, 2.45) is 7.05 Å². The van der Waals surface area contributed by atoms with Gasteiger partial charge >= 0.3 is 0 Å². The van der Waals surface area contributed by atoms with E-state index in [1.807, 2.05) is 38.2 Å². The Labute approximate surface area is 100 Å². The Bertz CT molecular complexity index is 593. The number of imidazole rings is 1. The fraction of sp³-hybridized carbons (Fsp3) is 0.231. The van der Waals surface area contributed by atoms with Crippen molar-refractivity contribution in [2.45, 2.75) is 6.92 Å². The summed E-state index contributed by atoms with van der Waals surface area (Å²) in [5.74, 6) is 1.50. The lowest BCUT2D eigenvalue weighted by atomic mass is 10.2. The van der Waals surface area contributed by atoms with Gasteiger partial charge < -0.3 is 9.30 Å². The van der Waals surface area contributed by atoms with Gasteiger partial charge in [-0.3, -0.25) is 0 Å². The molecular formula is C13H13N3O. The maximum absolute atomic E-state index is 9.04. The summed E-state index contributed by atoms with van der Waals surface area (Å²) in [7, 11) is 3.46. The first-order valence-electron chi connectivity index (χ1n) is 5.25. The van der Waals surface area contributed by atoms with Gasteiger partial charge in [0.15, 0.2) is 0 Å². The van der Waals surface area contributed by atoms with Crippen LogP contribution in [0.15, 0.2) is 24.3 Å². The number of hydrogen-bond acceptors (Lipinski definition) is 3. The van der Waals surface area contributed by atoms with Gasteiger partial charge in [0.1, 0.15) is 23.3 Å². The lowest BCUT2D eigenvalue weighted by Crippen LogP contribution is -1.97. The van der Waals surface area contributed by atoms with Crippen molar-refractivity contribution < 1.29 is 4.74 Å². The second-order valence-electron chi connectivity index (χ2n) is 3.74. The predicted octanol–water partition coefficient (Wildman–Crippen LogP) is 2.28. The molecule has 0 N–H and O–H groups in total. The Morgan fingerprint density at radius 3 is 2.65 bits per heavy atom. The summed E-state index contributed by atoms with van der Waals surface area (Å²) in [6.07, 6.45) is 0. The Hall–Kier alpha value is -2.28. The first kappa shape index (κ1) is 11.2. The number of hydrogen-bond donors (Lipinski definition) is 0. The second kappa shape index (κ2) is 4.30. The summed E-state index contributed by atoms with van der Waals surface area (Å²) < 4.78 is 7.09. The summed E-state index contributed by atoms with van der Waals surface area (Å²) in [6.45, 7) is 1.83. The molecule has 0 saturated carbocycles. The Morgan fingerprint density at radius 2 is 2.06 bits per heavy atom. The molecule has 2 rings (SSSR count). The molecular weight excluding hydrogens is 214 g/mol. The van der Waals surface area contributed by atoms with Gasteiger partial charge in [-0.25, -0.2) is 4.98 Å². The van der Waals surface area contributed by atoms with Gasteiger partial charge in [0, 0.05) is 7.05 Å². The van der Waals surface area contributed by atoms with Gasteiger partial charge in [-0.15, -0.1) is 0 Å². The minimum Gasteiger partial charge on any atom is -0.496 e. The van der Waals surface area contributed by atoms with Gasteiger partial charge in [0.05, 0.1) is 18.4 Å². The number of aryl methyl sites for hydroxylation is 1. The van der Waals surface area contributed by atoms with Crippen molar-refractivity contribution in [1.82, 2.24) is 9.55 Å². The zero-order chi connectivity index (χ0) is 12.4. The lowest BCUT2D eigenvalue weighted by Gasteiger charge is -2.07. The number of para-hydroxylation sites is 1. The number of benzene rings is 1.